The lowest BCUT2D eigenvalue weighted by molar-refractivity contribution is 0.0274. The number of H-pyrrole nitrogens is 1. The van der Waals surface area contributed by atoms with Gasteiger partial charge in [-0.2, -0.15) is 4.98 Å². The number of fused-ring (bicyclic) bond motifs is 1. The molecular weight excluding hydrogens is 484 g/mol. The average molecular weight is 517 g/mol. The molecular formula is C28H32N6O4. The predicted octanol–water partition coefficient (Wildman–Crippen LogP) is 5.39. The molecule has 1 aliphatic rings. The molecule has 198 valence electrons. The van der Waals surface area contributed by atoms with E-state index in [1.807, 2.05) is 62.6 Å². The van der Waals surface area contributed by atoms with Gasteiger partial charge in [0.15, 0.2) is 5.78 Å². The molecule has 1 aliphatic heterocycles. The number of nitrogens with zero attached hydrogens (tertiary/aromatic N) is 4. The van der Waals surface area contributed by atoms with Crippen molar-refractivity contribution in [3.8, 4) is 11.7 Å². The lowest BCUT2D eigenvalue weighted by Gasteiger charge is -2.24. The molecule has 1 saturated heterocycles. The molecule has 2 N–H and O–H groups in total. The molecule has 0 spiro atoms. The summed E-state index contributed by atoms with van der Waals surface area (Å²) in [4.78, 5) is 38.9. The summed E-state index contributed by atoms with van der Waals surface area (Å²) in [5.41, 5.74) is 3.46. The maximum Gasteiger partial charge on any atom is 0.410 e. The molecule has 0 radical (unpaired) electrons. The number of pyridine rings is 1. The number of benzene rings is 1. The number of aromatic nitrogens is 4. The molecule has 4 aromatic rings. The van der Waals surface area contributed by atoms with Crippen molar-refractivity contribution in [1.82, 2.24) is 24.4 Å². The number of likely N-dealkylation sites (tertiary alicyclic amines) is 1. The zero-order valence-corrected chi connectivity index (χ0v) is 22.2. The van der Waals surface area contributed by atoms with Crippen molar-refractivity contribution in [2.45, 2.75) is 52.7 Å². The minimum atomic E-state index is -0.570. The largest absolute Gasteiger partial charge is 0.472 e. The first kappa shape index (κ1) is 25.3. The summed E-state index contributed by atoms with van der Waals surface area (Å²) in [5.74, 6) is 1.58. The molecule has 10 heteroatoms. The van der Waals surface area contributed by atoms with Crippen LogP contribution in [0.1, 0.15) is 50.2 Å². The first-order valence-corrected chi connectivity index (χ1v) is 12.6. The molecule has 1 amide bonds. The van der Waals surface area contributed by atoms with Crippen LogP contribution in [-0.4, -0.2) is 61.1 Å². The molecule has 0 aliphatic carbocycles. The summed E-state index contributed by atoms with van der Waals surface area (Å²) >= 11 is 0. The molecule has 10 nitrogen and oxygen atoms in total. The van der Waals surface area contributed by atoms with Crippen LogP contribution in [-0.2, 0) is 4.74 Å². The molecule has 3 aromatic heterocycles. The summed E-state index contributed by atoms with van der Waals surface area (Å²) < 4.78 is 13.5. The highest BCUT2D eigenvalue weighted by Crippen LogP contribution is 2.27. The van der Waals surface area contributed by atoms with Crippen molar-refractivity contribution in [2.24, 2.45) is 0 Å². The van der Waals surface area contributed by atoms with Crippen LogP contribution in [0.4, 0.5) is 16.3 Å². The van der Waals surface area contributed by atoms with E-state index in [1.165, 1.54) is 6.92 Å². The molecule has 1 aromatic carbocycles. The molecule has 4 heterocycles. The van der Waals surface area contributed by atoms with Gasteiger partial charge in [0.25, 0.3) is 0 Å². The second kappa shape index (κ2) is 9.85. The van der Waals surface area contributed by atoms with Crippen LogP contribution < -0.4 is 10.1 Å². The smallest absolute Gasteiger partial charge is 0.410 e. The minimum Gasteiger partial charge on any atom is -0.472 e. The number of hydrogen-bond donors (Lipinski definition) is 2. The van der Waals surface area contributed by atoms with Crippen LogP contribution in [0, 0.1) is 6.92 Å². The van der Waals surface area contributed by atoms with Gasteiger partial charge in [-0.05, 0) is 77.1 Å². The van der Waals surface area contributed by atoms with E-state index >= 15 is 0 Å². The van der Waals surface area contributed by atoms with Crippen molar-refractivity contribution in [1.29, 1.82) is 0 Å². The third kappa shape index (κ3) is 5.49. The Kier molecular flexibility index (Phi) is 6.56. The third-order valence-corrected chi connectivity index (χ3v) is 6.20. The Labute approximate surface area is 221 Å². The van der Waals surface area contributed by atoms with E-state index in [-0.39, 0.29) is 23.9 Å². The van der Waals surface area contributed by atoms with E-state index in [2.05, 4.69) is 15.3 Å². The number of nitrogens with one attached hydrogen (secondary N) is 2. The average Bonchev–Trinajstić information content (AvgIpc) is 3.58. The van der Waals surface area contributed by atoms with E-state index < -0.39 is 5.60 Å². The number of imidazole rings is 1. The van der Waals surface area contributed by atoms with Crippen molar-refractivity contribution < 1.29 is 19.1 Å². The summed E-state index contributed by atoms with van der Waals surface area (Å²) in [5, 5.41) is 3.34. The van der Waals surface area contributed by atoms with E-state index in [0.717, 1.165) is 28.2 Å². The van der Waals surface area contributed by atoms with Crippen molar-refractivity contribution in [2.75, 3.05) is 18.4 Å². The molecule has 5 rings (SSSR count). The van der Waals surface area contributed by atoms with Gasteiger partial charge < -0.3 is 24.7 Å². The van der Waals surface area contributed by atoms with Gasteiger partial charge in [0, 0.05) is 24.3 Å². The SMILES string of the molecule is CC(=O)c1ccc(-n2cnc3cc(Nc4ccc(C)[nH]4)ccc32)nc1O[C@H]1CCN(C(=O)OC(C)(C)C)C1. The first-order valence-electron chi connectivity index (χ1n) is 12.6. The predicted molar refractivity (Wildman–Crippen MR) is 145 cm³/mol. The van der Waals surface area contributed by atoms with Gasteiger partial charge in [0.2, 0.25) is 5.88 Å². The number of anilines is 2. The van der Waals surface area contributed by atoms with Crippen molar-refractivity contribution in [3.05, 3.63) is 60.0 Å². The second-order valence-electron chi connectivity index (χ2n) is 10.5. The van der Waals surface area contributed by atoms with Gasteiger partial charge in [-0.25, -0.2) is 9.78 Å². The molecule has 1 fully saturated rings. The number of ketones is 1. The zero-order chi connectivity index (χ0) is 27.0. The van der Waals surface area contributed by atoms with Crippen LogP contribution in [0.2, 0.25) is 0 Å². The Hall–Kier alpha value is -4.34. The van der Waals surface area contributed by atoms with Crippen LogP contribution in [0.3, 0.4) is 0 Å². The van der Waals surface area contributed by atoms with Crippen LogP contribution in [0.15, 0.2) is 48.8 Å². The molecule has 0 saturated carbocycles. The lowest BCUT2D eigenvalue weighted by atomic mass is 10.2. The lowest BCUT2D eigenvalue weighted by Crippen LogP contribution is -2.36. The fraction of sp³-hybridized carbons (Fsp3) is 0.357. The highest BCUT2D eigenvalue weighted by Gasteiger charge is 2.32. The van der Waals surface area contributed by atoms with Gasteiger partial charge in [-0.1, -0.05) is 0 Å². The number of hydrogen-bond acceptors (Lipinski definition) is 7. The topological polar surface area (TPSA) is 114 Å². The Bertz CT molecular complexity index is 1500. The molecule has 0 bridgehead atoms. The number of Topliss-reactive ketones (excluding diaryl/α,β-unsaturated/α-hetero) is 1. The van der Waals surface area contributed by atoms with Crippen LogP contribution >= 0.6 is 0 Å². The van der Waals surface area contributed by atoms with Crippen molar-refractivity contribution in [3.63, 3.8) is 0 Å². The number of carbonyl (C=O) groups excluding carboxylic acids is 2. The highest BCUT2D eigenvalue weighted by atomic mass is 16.6. The van der Waals surface area contributed by atoms with Gasteiger partial charge in [-0.15, -0.1) is 0 Å². The number of amides is 1. The van der Waals surface area contributed by atoms with E-state index in [1.54, 1.807) is 23.4 Å². The van der Waals surface area contributed by atoms with Gasteiger partial charge in [0.05, 0.1) is 23.1 Å². The fourth-order valence-electron chi connectivity index (χ4n) is 4.40. The number of aryl methyl sites for hydroxylation is 1. The number of ether oxygens (including phenoxy) is 2. The Balaban J connectivity index is 1.37. The molecule has 0 unspecified atom stereocenters. The summed E-state index contributed by atoms with van der Waals surface area (Å²) in [6.45, 7) is 9.87. The first-order chi connectivity index (χ1) is 18.1. The minimum absolute atomic E-state index is 0.146. The fourth-order valence-corrected chi connectivity index (χ4v) is 4.40. The van der Waals surface area contributed by atoms with Gasteiger partial charge in [0.1, 0.15) is 29.7 Å². The van der Waals surface area contributed by atoms with E-state index in [4.69, 9.17) is 14.5 Å². The summed E-state index contributed by atoms with van der Waals surface area (Å²) in [6.07, 6.45) is 1.65. The standard InChI is InChI=1S/C28H32N6O4/c1-17-6-10-24(30-17)31-19-7-9-23-22(14-19)29-16-34(23)25-11-8-21(18(2)35)26(32-25)37-20-12-13-33(15-20)27(36)38-28(3,4)5/h6-11,14,16,20,30-31H,12-13,15H2,1-5H3/t20-/m0/s1. The highest BCUT2D eigenvalue weighted by molar-refractivity contribution is 5.96. The Morgan fingerprint density at radius 3 is 2.66 bits per heavy atom. The van der Waals surface area contributed by atoms with Gasteiger partial charge in [-0.3, -0.25) is 9.36 Å². The van der Waals surface area contributed by atoms with E-state index in [0.29, 0.717) is 30.9 Å². The maximum absolute atomic E-state index is 12.5. The van der Waals surface area contributed by atoms with E-state index in [9.17, 15) is 9.59 Å². The zero-order valence-electron chi connectivity index (χ0n) is 22.2. The monoisotopic (exact) mass is 516 g/mol. The van der Waals surface area contributed by atoms with Crippen molar-refractivity contribution >= 4 is 34.4 Å². The normalized spacial score (nSPS) is 15.6. The number of rotatable bonds is 6. The summed E-state index contributed by atoms with van der Waals surface area (Å²) in [6, 6.07) is 13.4. The molecule has 1 atom stereocenters. The second-order valence-corrected chi connectivity index (χ2v) is 10.5. The number of carbonyl (C=O) groups is 2. The maximum atomic E-state index is 12.5. The molecule has 38 heavy (non-hydrogen) atoms. The Morgan fingerprint density at radius 1 is 1.13 bits per heavy atom. The van der Waals surface area contributed by atoms with Crippen LogP contribution in [0.5, 0.6) is 5.88 Å². The number of aromatic amines is 1. The Morgan fingerprint density at radius 2 is 1.95 bits per heavy atom. The quantitative estimate of drug-likeness (QED) is 0.330. The van der Waals surface area contributed by atoms with Crippen LogP contribution in [0.25, 0.3) is 16.9 Å². The third-order valence-electron chi connectivity index (χ3n) is 6.20. The summed E-state index contributed by atoms with van der Waals surface area (Å²) in [7, 11) is 0. The van der Waals surface area contributed by atoms with Gasteiger partial charge >= 0.3 is 6.09 Å².